The summed E-state index contributed by atoms with van der Waals surface area (Å²) in [5.74, 6) is 0.664. The van der Waals surface area contributed by atoms with Crippen LogP contribution in [0.4, 0.5) is 0 Å². The van der Waals surface area contributed by atoms with Gasteiger partial charge in [-0.05, 0) is 41.8 Å². The molecule has 0 saturated carbocycles. The highest BCUT2D eigenvalue weighted by molar-refractivity contribution is 5.76. The van der Waals surface area contributed by atoms with E-state index in [9.17, 15) is 10.1 Å². The molecule has 2 unspecified atom stereocenters. The number of hydrogen-bond donors (Lipinski definition) is 0. The number of nitrogens with zero attached hydrogens (tertiary/aromatic N) is 2. The van der Waals surface area contributed by atoms with Gasteiger partial charge in [-0.25, -0.2) is 4.98 Å². The average Bonchev–Trinajstić information content (AvgIpc) is 2.83. The molecule has 2 aromatic carbocycles. The van der Waals surface area contributed by atoms with Crippen molar-refractivity contribution in [1.29, 1.82) is 5.26 Å². The lowest BCUT2D eigenvalue weighted by molar-refractivity contribution is -0.151. The molecule has 6 nitrogen and oxygen atoms in total. The molecular weight excluding hydrogens is 416 g/mol. The fourth-order valence-corrected chi connectivity index (χ4v) is 3.09. The Balaban J connectivity index is 1.72. The molecule has 3 aromatic rings. The highest BCUT2D eigenvalue weighted by atomic mass is 16.5. The van der Waals surface area contributed by atoms with Gasteiger partial charge in [0.25, 0.3) is 0 Å². The van der Waals surface area contributed by atoms with Crippen molar-refractivity contribution in [2.24, 2.45) is 11.8 Å². The van der Waals surface area contributed by atoms with Crippen molar-refractivity contribution in [2.75, 3.05) is 7.11 Å². The van der Waals surface area contributed by atoms with Crippen LogP contribution in [0.15, 0.2) is 78.9 Å². The number of carbonyl (C=O) groups excluding carboxylic acids is 1. The molecule has 0 aliphatic heterocycles. The zero-order valence-electron chi connectivity index (χ0n) is 18.8. The maximum atomic E-state index is 12.9. The summed E-state index contributed by atoms with van der Waals surface area (Å²) in [6.07, 6.45) is 2.51. The molecule has 0 amide bonds. The molecule has 0 radical (unpaired) electrons. The molecule has 1 aromatic heterocycles. The van der Waals surface area contributed by atoms with Gasteiger partial charge < -0.3 is 14.2 Å². The van der Waals surface area contributed by atoms with E-state index in [0.29, 0.717) is 17.3 Å². The predicted octanol–water partition coefficient (Wildman–Crippen LogP) is 5.98. The number of esters is 1. The van der Waals surface area contributed by atoms with E-state index in [1.165, 1.54) is 0 Å². The van der Waals surface area contributed by atoms with Crippen LogP contribution in [0, 0.1) is 23.2 Å². The fraction of sp³-hybridized carbons (Fsp3) is 0.222. The van der Waals surface area contributed by atoms with E-state index in [1.54, 1.807) is 43.5 Å². The van der Waals surface area contributed by atoms with Crippen molar-refractivity contribution in [1.82, 2.24) is 4.98 Å². The summed E-state index contributed by atoms with van der Waals surface area (Å²) in [5.41, 5.74) is 1.24. The van der Waals surface area contributed by atoms with Gasteiger partial charge in [-0.3, -0.25) is 4.79 Å². The summed E-state index contributed by atoms with van der Waals surface area (Å²) in [7, 11) is 1.61. The van der Waals surface area contributed by atoms with Gasteiger partial charge in [0.2, 0.25) is 12.0 Å². The maximum Gasteiger partial charge on any atom is 0.314 e. The number of benzene rings is 2. The Morgan fingerprint density at radius 2 is 1.70 bits per heavy atom. The van der Waals surface area contributed by atoms with Crippen molar-refractivity contribution < 1.29 is 19.0 Å². The first-order valence-electron chi connectivity index (χ1n) is 10.6. The van der Waals surface area contributed by atoms with Crippen molar-refractivity contribution in [3.63, 3.8) is 0 Å². The molecule has 1 heterocycles. The van der Waals surface area contributed by atoms with E-state index in [0.717, 1.165) is 11.3 Å². The van der Waals surface area contributed by atoms with Crippen LogP contribution in [0.1, 0.15) is 31.2 Å². The summed E-state index contributed by atoms with van der Waals surface area (Å²) in [4.78, 5) is 17.3. The highest BCUT2D eigenvalue weighted by Crippen LogP contribution is 2.25. The number of methoxy groups -OCH3 is 1. The van der Waals surface area contributed by atoms with Gasteiger partial charge in [-0.15, -0.1) is 0 Å². The minimum Gasteiger partial charge on any atom is -0.497 e. The number of aromatic nitrogens is 1. The van der Waals surface area contributed by atoms with Crippen LogP contribution in [0.5, 0.6) is 17.4 Å². The first kappa shape index (κ1) is 23.6. The van der Waals surface area contributed by atoms with E-state index in [-0.39, 0.29) is 5.92 Å². The van der Waals surface area contributed by atoms with Gasteiger partial charge in [0, 0.05) is 6.07 Å². The number of ether oxygens (including phenoxy) is 3. The van der Waals surface area contributed by atoms with Crippen LogP contribution in [0.3, 0.4) is 0 Å². The molecule has 33 heavy (non-hydrogen) atoms. The van der Waals surface area contributed by atoms with Gasteiger partial charge in [-0.1, -0.05) is 62.4 Å². The smallest absolute Gasteiger partial charge is 0.314 e. The molecular formula is C27H26N2O4. The third kappa shape index (κ3) is 6.68. The van der Waals surface area contributed by atoms with E-state index in [1.807, 2.05) is 68.5 Å². The van der Waals surface area contributed by atoms with E-state index in [4.69, 9.17) is 14.2 Å². The molecule has 0 fully saturated rings. The zero-order chi connectivity index (χ0) is 23.6. The van der Waals surface area contributed by atoms with Gasteiger partial charge in [0.15, 0.2) is 0 Å². The molecule has 0 aliphatic carbocycles. The van der Waals surface area contributed by atoms with Crippen LogP contribution in [-0.2, 0) is 9.53 Å². The lowest BCUT2D eigenvalue weighted by Gasteiger charge is -2.18. The molecule has 6 heteroatoms. The molecule has 3 rings (SSSR count). The summed E-state index contributed by atoms with van der Waals surface area (Å²) >= 11 is 0. The second kappa shape index (κ2) is 11.5. The van der Waals surface area contributed by atoms with Crippen molar-refractivity contribution in [3.8, 4) is 23.4 Å². The minimum absolute atomic E-state index is 0.0213. The number of nitriles is 1. The van der Waals surface area contributed by atoms with Crippen molar-refractivity contribution in [3.05, 3.63) is 90.1 Å². The largest absolute Gasteiger partial charge is 0.497 e. The van der Waals surface area contributed by atoms with Crippen LogP contribution in [0.25, 0.3) is 6.08 Å². The predicted molar refractivity (Wildman–Crippen MR) is 126 cm³/mol. The number of pyridine rings is 1. The van der Waals surface area contributed by atoms with E-state index in [2.05, 4.69) is 4.98 Å². The highest BCUT2D eigenvalue weighted by Gasteiger charge is 2.26. The minimum atomic E-state index is -1.15. The maximum absolute atomic E-state index is 12.9. The summed E-state index contributed by atoms with van der Waals surface area (Å²) < 4.78 is 16.4. The molecule has 0 spiro atoms. The van der Waals surface area contributed by atoms with Crippen molar-refractivity contribution >= 4 is 12.0 Å². The summed E-state index contributed by atoms with van der Waals surface area (Å²) in [6.45, 7) is 3.86. The molecule has 0 bridgehead atoms. The Bertz CT molecular complexity index is 1120. The Hall–Kier alpha value is -4.11. The second-order valence-corrected chi connectivity index (χ2v) is 7.66. The lowest BCUT2D eigenvalue weighted by atomic mass is 9.94. The Labute approximate surface area is 194 Å². The molecule has 2 atom stereocenters. The third-order valence-corrected chi connectivity index (χ3v) is 4.93. The average molecular weight is 443 g/mol. The number of para-hydroxylation sites is 1. The Morgan fingerprint density at radius 1 is 0.970 bits per heavy atom. The molecule has 168 valence electrons. The van der Waals surface area contributed by atoms with E-state index >= 15 is 0 Å². The van der Waals surface area contributed by atoms with Gasteiger partial charge >= 0.3 is 5.97 Å². The van der Waals surface area contributed by atoms with Gasteiger partial charge in [-0.2, -0.15) is 5.26 Å². The van der Waals surface area contributed by atoms with Gasteiger partial charge in [0.1, 0.15) is 17.6 Å². The zero-order valence-corrected chi connectivity index (χ0v) is 18.8. The lowest BCUT2D eigenvalue weighted by Crippen LogP contribution is -2.23. The van der Waals surface area contributed by atoms with Crippen molar-refractivity contribution in [2.45, 2.75) is 20.0 Å². The standard InChI is InChI=1S/C27H26N2O4/c1-19(2)23(17-14-20-12-15-21(31-3)16-13-20)27(30)33-25(18-28)24-10-7-11-26(29-24)32-22-8-5-4-6-9-22/h4-17,19,23,25H,1-3H3/b17-14+. The van der Waals surface area contributed by atoms with Crippen LogP contribution >= 0.6 is 0 Å². The number of hydrogen-bond acceptors (Lipinski definition) is 6. The first-order chi connectivity index (χ1) is 16.0. The third-order valence-electron chi connectivity index (χ3n) is 4.93. The summed E-state index contributed by atoms with van der Waals surface area (Å²) in [6, 6.07) is 23.8. The molecule has 0 N–H and O–H groups in total. The SMILES string of the molecule is COc1ccc(/C=C/C(C(=O)OC(C#N)c2cccc(Oc3ccccc3)n2)C(C)C)cc1. The van der Waals surface area contributed by atoms with Crippen LogP contribution < -0.4 is 9.47 Å². The monoisotopic (exact) mass is 442 g/mol. The van der Waals surface area contributed by atoms with Crippen LogP contribution in [0.2, 0.25) is 0 Å². The van der Waals surface area contributed by atoms with E-state index < -0.39 is 18.0 Å². The quantitative estimate of drug-likeness (QED) is 0.379. The van der Waals surface area contributed by atoms with Crippen LogP contribution in [-0.4, -0.2) is 18.1 Å². The Kier molecular flexibility index (Phi) is 8.20. The summed E-state index contributed by atoms with van der Waals surface area (Å²) in [5, 5.41) is 9.65. The second-order valence-electron chi connectivity index (χ2n) is 7.66. The number of carbonyl (C=O) groups is 1. The fourth-order valence-electron chi connectivity index (χ4n) is 3.09. The number of rotatable bonds is 9. The first-order valence-corrected chi connectivity index (χ1v) is 10.6. The van der Waals surface area contributed by atoms with Gasteiger partial charge in [0.05, 0.1) is 18.7 Å². The molecule has 0 aliphatic rings. The topological polar surface area (TPSA) is 81.4 Å². The normalized spacial score (nSPS) is 12.7. The Morgan fingerprint density at radius 3 is 2.33 bits per heavy atom. The molecule has 0 saturated heterocycles.